The molecule has 4 rings (SSSR count). The van der Waals surface area contributed by atoms with E-state index in [1.54, 1.807) is 4.90 Å². The van der Waals surface area contributed by atoms with Crippen molar-refractivity contribution in [2.24, 2.45) is 0 Å². The number of fused-ring (bicyclic) bond motifs is 1. The van der Waals surface area contributed by atoms with Crippen molar-refractivity contribution >= 4 is 40.5 Å². The number of piperazine rings is 1. The lowest BCUT2D eigenvalue weighted by molar-refractivity contribution is -0.125. The van der Waals surface area contributed by atoms with E-state index in [2.05, 4.69) is 15.1 Å². The van der Waals surface area contributed by atoms with Gasteiger partial charge in [0.2, 0.25) is 11.8 Å². The molecule has 1 atom stereocenters. The molecule has 1 fully saturated rings. The van der Waals surface area contributed by atoms with Gasteiger partial charge in [0.05, 0.1) is 28.1 Å². The molecule has 2 aromatic rings. The lowest BCUT2D eigenvalue weighted by atomic mass is 10.1. The van der Waals surface area contributed by atoms with E-state index in [1.165, 1.54) is 0 Å². The summed E-state index contributed by atoms with van der Waals surface area (Å²) in [6.07, 6.45) is 0. The average molecular weight is 399 g/mol. The summed E-state index contributed by atoms with van der Waals surface area (Å²) in [4.78, 5) is 31.2. The molecule has 0 saturated carbocycles. The van der Waals surface area contributed by atoms with Gasteiger partial charge in [0.15, 0.2) is 0 Å². The van der Waals surface area contributed by atoms with Gasteiger partial charge in [0, 0.05) is 26.2 Å². The molecule has 1 N–H and O–H groups in total. The molecule has 146 valence electrons. The quantitative estimate of drug-likeness (QED) is 0.863. The molecule has 28 heavy (non-hydrogen) atoms. The van der Waals surface area contributed by atoms with Crippen LogP contribution >= 0.6 is 11.6 Å². The molecule has 0 spiro atoms. The van der Waals surface area contributed by atoms with Gasteiger partial charge < -0.3 is 10.2 Å². The van der Waals surface area contributed by atoms with Crippen molar-refractivity contribution in [3.63, 3.8) is 0 Å². The Bertz CT molecular complexity index is 895. The molecular formula is C21H23ClN4O2. The fraction of sp³-hybridized carbons (Fsp3) is 0.333. The second-order valence-corrected chi connectivity index (χ2v) is 7.55. The van der Waals surface area contributed by atoms with Crippen LogP contribution in [0, 0.1) is 0 Å². The number of anilines is 3. The number of hydrogen-bond donors (Lipinski definition) is 1. The van der Waals surface area contributed by atoms with E-state index in [0.717, 1.165) is 42.6 Å². The molecule has 2 aliphatic rings. The van der Waals surface area contributed by atoms with Gasteiger partial charge >= 0.3 is 0 Å². The minimum Gasteiger partial charge on any atom is -0.368 e. The van der Waals surface area contributed by atoms with Crippen LogP contribution in [0.1, 0.15) is 6.92 Å². The first-order valence-corrected chi connectivity index (χ1v) is 9.86. The SMILES string of the molecule is C[C@@H](C(=O)N1CC(=O)Nc2ccccc21)N1CCN(c2ccccc2Cl)CC1. The summed E-state index contributed by atoms with van der Waals surface area (Å²) in [7, 11) is 0. The Morgan fingerprint density at radius 2 is 1.64 bits per heavy atom. The summed E-state index contributed by atoms with van der Waals surface area (Å²) < 4.78 is 0. The van der Waals surface area contributed by atoms with Crippen LogP contribution in [0.15, 0.2) is 48.5 Å². The first kappa shape index (κ1) is 18.8. The van der Waals surface area contributed by atoms with E-state index >= 15 is 0 Å². The minimum absolute atomic E-state index is 0.0477. The highest BCUT2D eigenvalue weighted by Crippen LogP contribution is 2.30. The van der Waals surface area contributed by atoms with Crippen molar-refractivity contribution in [2.45, 2.75) is 13.0 Å². The maximum absolute atomic E-state index is 13.2. The Hall–Kier alpha value is -2.57. The minimum atomic E-state index is -0.299. The number of halogens is 1. The van der Waals surface area contributed by atoms with Gasteiger partial charge in [-0.25, -0.2) is 0 Å². The summed E-state index contributed by atoms with van der Waals surface area (Å²) in [5, 5.41) is 3.57. The van der Waals surface area contributed by atoms with Crippen LogP contribution in [0.5, 0.6) is 0 Å². The second-order valence-electron chi connectivity index (χ2n) is 7.14. The number of carbonyl (C=O) groups is 2. The zero-order valence-corrected chi connectivity index (χ0v) is 16.5. The summed E-state index contributed by atoms with van der Waals surface area (Å²) in [5.41, 5.74) is 2.47. The molecule has 2 aromatic carbocycles. The maximum Gasteiger partial charge on any atom is 0.244 e. The van der Waals surface area contributed by atoms with E-state index < -0.39 is 0 Å². The van der Waals surface area contributed by atoms with Gasteiger partial charge in [-0.15, -0.1) is 0 Å². The third-order valence-corrected chi connectivity index (χ3v) is 5.77. The van der Waals surface area contributed by atoms with Crippen molar-refractivity contribution in [3.8, 4) is 0 Å². The lowest BCUT2D eigenvalue weighted by Crippen LogP contribution is -2.56. The van der Waals surface area contributed by atoms with Crippen LogP contribution in [-0.2, 0) is 9.59 Å². The molecule has 0 unspecified atom stereocenters. The number of benzene rings is 2. The van der Waals surface area contributed by atoms with Crippen LogP contribution in [0.3, 0.4) is 0 Å². The van der Waals surface area contributed by atoms with Gasteiger partial charge in [-0.3, -0.25) is 19.4 Å². The molecule has 6 nitrogen and oxygen atoms in total. The maximum atomic E-state index is 13.2. The van der Waals surface area contributed by atoms with E-state index in [0.29, 0.717) is 5.69 Å². The highest BCUT2D eigenvalue weighted by molar-refractivity contribution is 6.33. The summed E-state index contributed by atoms with van der Waals surface area (Å²) >= 11 is 6.32. The zero-order chi connectivity index (χ0) is 19.7. The second kappa shape index (κ2) is 7.81. The predicted octanol–water partition coefficient (Wildman–Crippen LogP) is 2.84. The largest absolute Gasteiger partial charge is 0.368 e. The fourth-order valence-electron chi connectivity index (χ4n) is 3.87. The molecule has 1 saturated heterocycles. The standard InChI is InChI=1S/C21H23ClN4O2/c1-15(21(28)26-14-20(27)23-17-7-3-5-9-19(17)26)24-10-12-25(13-11-24)18-8-4-2-6-16(18)22/h2-9,15H,10-14H2,1H3,(H,23,27)/t15-/m0/s1. The highest BCUT2D eigenvalue weighted by atomic mass is 35.5. The molecule has 2 amide bonds. The first-order chi connectivity index (χ1) is 13.5. The zero-order valence-electron chi connectivity index (χ0n) is 15.8. The lowest BCUT2D eigenvalue weighted by Gasteiger charge is -2.40. The topological polar surface area (TPSA) is 55.9 Å². The molecular weight excluding hydrogens is 376 g/mol. The summed E-state index contributed by atoms with van der Waals surface area (Å²) in [6, 6.07) is 15.0. The van der Waals surface area contributed by atoms with Crippen LogP contribution in [0.4, 0.5) is 17.1 Å². The molecule has 2 aliphatic heterocycles. The smallest absolute Gasteiger partial charge is 0.244 e. The van der Waals surface area contributed by atoms with E-state index in [-0.39, 0.29) is 24.4 Å². The third-order valence-electron chi connectivity index (χ3n) is 5.45. The third kappa shape index (κ3) is 3.57. The summed E-state index contributed by atoms with van der Waals surface area (Å²) in [6.45, 7) is 5.11. The van der Waals surface area contributed by atoms with Crippen LogP contribution in [0.2, 0.25) is 5.02 Å². The molecule has 0 aromatic heterocycles. The number of nitrogens with one attached hydrogen (secondary N) is 1. The Morgan fingerprint density at radius 1 is 1.00 bits per heavy atom. The van der Waals surface area contributed by atoms with Gasteiger partial charge in [-0.05, 0) is 31.2 Å². The molecule has 7 heteroatoms. The van der Waals surface area contributed by atoms with Crippen molar-refractivity contribution in [1.82, 2.24) is 4.90 Å². The van der Waals surface area contributed by atoms with Gasteiger partial charge in [-0.2, -0.15) is 0 Å². The van der Waals surface area contributed by atoms with E-state index in [4.69, 9.17) is 11.6 Å². The Morgan fingerprint density at radius 3 is 2.36 bits per heavy atom. The summed E-state index contributed by atoms with van der Waals surface area (Å²) in [5.74, 6) is -0.212. The Labute approximate surface area is 169 Å². The van der Waals surface area contributed by atoms with Crippen molar-refractivity contribution in [3.05, 3.63) is 53.6 Å². The van der Waals surface area contributed by atoms with Gasteiger partial charge in [0.1, 0.15) is 6.54 Å². The normalized spacial score (nSPS) is 18.4. The van der Waals surface area contributed by atoms with E-state index in [9.17, 15) is 9.59 Å². The van der Waals surface area contributed by atoms with Crippen LogP contribution < -0.4 is 15.1 Å². The van der Waals surface area contributed by atoms with Crippen LogP contribution in [-0.4, -0.2) is 55.5 Å². The number of nitrogens with zero attached hydrogens (tertiary/aromatic N) is 3. The molecule has 2 heterocycles. The number of carbonyl (C=O) groups excluding carboxylic acids is 2. The van der Waals surface area contributed by atoms with Crippen molar-refractivity contribution < 1.29 is 9.59 Å². The highest BCUT2D eigenvalue weighted by Gasteiger charge is 2.33. The monoisotopic (exact) mass is 398 g/mol. The number of amides is 2. The molecule has 0 aliphatic carbocycles. The Kier molecular flexibility index (Phi) is 5.24. The van der Waals surface area contributed by atoms with E-state index in [1.807, 2.05) is 55.5 Å². The predicted molar refractivity (Wildman–Crippen MR) is 112 cm³/mol. The molecule has 0 radical (unpaired) electrons. The van der Waals surface area contributed by atoms with Gasteiger partial charge in [-0.1, -0.05) is 35.9 Å². The van der Waals surface area contributed by atoms with Crippen molar-refractivity contribution in [1.29, 1.82) is 0 Å². The van der Waals surface area contributed by atoms with Gasteiger partial charge in [0.25, 0.3) is 0 Å². The number of hydrogen-bond acceptors (Lipinski definition) is 4. The number of para-hydroxylation sites is 3. The van der Waals surface area contributed by atoms with Crippen LogP contribution in [0.25, 0.3) is 0 Å². The fourth-order valence-corrected chi connectivity index (χ4v) is 4.13. The molecule has 0 bridgehead atoms. The van der Waals surface area contributed by atoms with Crippen molar-refractivity contribution in [2.75, 3.05) is 47.8 Å². The Balaban J connectivity index is 1.44. The average Bonchev–Trinajstić information content (AvgIpc) is 2.72. The number of rotatable bonds is 3. The first-order valence-electron chi connectivity index (χ1n) is 9.48.